The van der Waals surface area contributed by atoms with Crippen molar-refractivity contribution in [2.75, 3.05) is 47.5 Å². The summed E-state index contributed by atoms with van der Waals surface area (Å²) in [5.41, 5.74) is 0. The predicted octanol–water partition coefficient (Wildman–Crippen LogP) is 10.6. The van der Waals surface area contributed by atoms with Gasteiger partial charge in [0.15, 0.2) is 6.10 Å². The number of rotatable bonds is 35. The van der Waals surface area contributed by atoms with Crippen LogP contribution in [0.15, 0.2) is 85.1 Å². The van der Waals surface area contributed by atoms with Crippen LogP contribution in [0.2, 0.25) is 0 Å². The number of esters is 2. The van der Waals surface area contributed by atoms with Crippen molar-refractivity contribution < 1.29 is 42.1 Å². The first-order valence-corrected chi connectivity index (χ1v) is 21.8. The summed E-state index contributed by atoms with van der Waals surface area (Å²) in [7, 11) is 1.11. The van der Waals surface area contributed by atoms with Crippen LogP contribution < -0.4 is 4.89 Å². The number of unbranched alkanes of at least 4 members (excludes halogenated alkanes) is 7. The fourth-order valence-electron chi connectivity index (χ4n) is 4.77. The molecule has 2 atom stereocenters. The van der Waals surface area contributed by atoms with Crippen LogP contribution in [0.25, 0.3) is 0 Å². The van der Waals surface area contributed by atoms with Crippen molar-refractivity contribution in [2.45, 2.75) is 136 Å². The zero-order valence-corrected chi connectivity index (χ0v) is 35.3. The minimum atomic E-state index is -4.64. The van der Waals surface area contributed by atoms with Crippen molar-refractivity contribution in [1.82, 2.24) is 0 Å². The summed E-state index contributed by atoms with van der Waals surface area (Å²) in [6.07, 6.45) is 44.7. The number of nitrogens with zero attached hydrogens (tertiary/aromatic N) is 1. The highest BCUT2D eigenvalue weighted by atomic mass is 31.2. The monoisotopic (exact) mass is 776 g/mol. The summed E-state index contributed by atoms with van der Waals surface area (Å²) >= 11 is 0. The van der Waals surface area contributed by atoms with E-state index in [1.807, 2.05) is 21.1 Å². The van der Waals surface area contributed by atoms with Crippen LogP contribution in [0.4, 0.5) is 0 Å². The second-order valence-electron chi connectivity index (χ2n) is 14.2. The molecule has 0 heterocycles. The largest absolute Gasteiger partial charge is 0.756 e. The lowest BCUT2D eigenvalue weighted by molar-refractivity contribution is -0.870. The topological polar surface area (TPSA) is 111 Å². The summed E-state index contributed by atoms with van der Waals surface area (Å²) in [5.74, 6) is -0.915. The lowest BCUT2D eigenvalue weighted by Gasteiger charge is -2.28. The Kier molecular flexibility index (Phi) is 34.0. The number of hydrogen-bond acceptors (Lipinski definition) is 8. The molecule has 0 aromatic carbocycles. The van der Waals surface area contributed by atoms with Gasteiger partial charge in [-0.05, 0) is 83.5 Å². The van der Waals surface area contributed by atoms with Crippen molar-refractivity contribution in [2.24, 2.45) is 0 Å². The Hall–Kier alpha value is -2.81. The number of carbonyl (C=O) groups excluding carboxylic acids is 2. The van der Waals surface area contributed by atoms with Gasteiger partial charge in [0.05, 0.1) is 27.7 Å². The zero-order chi connectivity index (χ0) is 40.0. The van der Waals surface area contributed by atoms with Gasteiger partial charge in [0, 0.05) is 12.8 Å². The smallest absolute Gasteiger partial charge is 0.306 e. The lowest BCUT2D eigenvalue weighted by Crippen LogP contribution is -2.37. The molecule has 54 heavy (non-hydrogen) atoms. The van der Waals surface area contributed by atoms with Gasteiger partial charge in [-0.15, -0.1) is 0 Å². The third kappa shape index (κ3) is 38.9. The second kappa shape index (κ2) is 35.9. The van der Waals surface area contributed by atoms with E-state index in [0.29, 0.717) is 23.9 Å². The normalized spacial score (nSPS) is 14.6. The highest BCUT2D eigenvalue weighted by molar-refractivity contribution is 7.45. The first kappa shape index (κ1) is 51.2. The van der Waals surface area contributed by atoms with E-state index >= 15 is 0 Å². The molecule has 0 aliphatic heterocycles. The quantitative estimate of drug-likeness (QED) is 0.0206. The van der Waals surface area contributed by atoms with Gasteiger partial charge in [-0.3, -0.25) is 14.2 Å². The number of allylic oxidation sites excluding steroid dienone is 14. The average molecular weight is 776 g/mol. The number of phosphoric ester groups is 1. The van der Waals surface area contributed by atoms with Gasteiger partial charge < -0.3 is 27.9 Å². The fourth-order valence-corrected chi connectivity index (χ4v) is 5.50. The summed E-state index contributed by atoms with van der Waals surface area (Å²) in [6.45, 7) is 3.89. The molecule has 0 aliphatic rings. The van der Waals surface area contributed by atoms with E-state index in [4.69, 9.17) is 18.5 Å². The molecule has 0 bridgehead atoms. The Balaban J connectivity index is 4.53. The zero-order valence-electron chi connectivity index (χ0n) is 34.4. The fraction of sp³-hybridized carbons (Fsp3) is 0.636. The third-order valence-electron chi connectivity index (χ3n) is 7.91. The molecule has 0 radical (unpaired) electrons. The molecule has 0 aromatic heterocycles. The SMILES string of the molecule is CC/C=C/C/C=C/C/C=C/C/C=C/CCCCC(=O)OC[C@H](COP(=O)([O-])OCC[N+](C)(C)C)OC(=O)CCCCCCC/C=C/C/C=C/C/C=C/CC. The minimum Gasteiger partial charge on any atom is -0.756 e. The van der Waals surface area contributed by atoms with Crippen LogP contribution in [-0.2, 0) is 32.7 Å². The molecule has 0 aromatic rings. The highest BCUT2D eigenvalue weighted by Crippen LogP contribution is 2.38. The van der Waals surface area contributed by atoms with Crippen LogP contribution in [0.3, 0.4) is 0 Å². The van der Waals surface area contributed by atoms with Crippen LogP contribution in [0.1, 0.15) is 129 Å². The van der Waals surface area contributed by atoms with Gasteiger partial charge >= 0.3 is 11.9 Å². The Morgan fingerprint density at radius 2 is 1.00 bits per heavy atom. The number of ether oxygens (including phenoxy) is 2. The first-order chi connectivity index (χ1) is 26.0. The van der Waals surface area contributed by atoms with Crippen LogP contribution >= 0.6 is 7.82 Å². The molecule has 308 valence electrons. The molecule has 0 fully saturated rings. The van der Waals surface area contributed by atoms with Gasteiger partial charge in [0.2, 0.25) is 0 Å². The molecule has 9 nitrogen and oxygen atoms in total. The molecule has 0 rings (SSSR count). The van der Waals surface area contributed by atoms with E-state index in [-0.39, 0.29) is 26.1 Å². The van der Waals surface area contributed by atoms with Crippen LogP contribution in [0, 0.1) is 0 Å². The average Bonchev–Trinajstić information content (AvgIpc) is 3.12. The molecular formula is C44H74NO8P. The molecule has 0 aliphatic carbocycles. The molecule has 0 amide bonds. The van der Waals surface area contributed by atoms with Crippen molar-refractivity contribution in [3.05, 3.63) is 85.1 Å². The number of quaternary nitrogens is 1. The van der Waals surface area contributed by atoms with Crippen molar-refractivity contribution >= 4 is 19.8 Å². The number of carbonyl (C=O) groups is 2. The Morgan fingerprint density at radius 3 is 1.52 bits per heavy atom. The first-order valence-electron chi connectivity index (χ1n) is 20.3. The predicted molar refractivity (Wildman–Crippen MR) is 222 cm³/mol. The van der Waals surface area contributed by atoms with Gasteiger partial charge in [-0.25, -0.2) is 0 Å². The van der Waals surface area contributed by atoms with Gasteiger partial charge in [0.25, 0.3) is 7.82 Å². The van der Waals surface area contributed by atoms with Crippen LogP contribution in [-0.4, -0.2) is 70.0 Å². The second-order valence-corrected chi connectivity index (χ2v) is 15.6. The van der Waals surface area contributed by atoms with Gasteiger partial charge in [0.1, 0.15) is 19.8 Å². The summed E-state index contributed by atoms with van der Waals surface area (Å²) in [5, 5.41) is 0. The summed E-state index contributed by atoms with van der Waals surface area (Å²) in [6, 6.07) is 0. The molecule has 1 unspecified atom stereocenters. The maximum atomic E-state index is 12.6. The Bertz CT molecular complexity index is 1200. The number of likely N-dealkylation sites (N-methyl/N-ethyl adjacent to an activating group) is 1. The van der Waals surface area contributed by atoms with Crippen molar-refractivity contribution in [3.8, 4) is 0 Å². The molecular weight excluding hydrogens is 701 g/mol. The molecule has 0 saturated carbocycles. The maximum absolute atomic E-state index is 12.6. The lowest BCUT2D eigenvalue weighted by atomic mass is 10.1. The van der Waals surface area contributed by atoms with Gasteiger partial charge in [-0.2, -0.15) is 0 Å². The number of hydrogen-bond donors (Lipinski definition) is 0. The van der Waals surface area contributed by atoms with E-state index in [1.165, 1.54) is 0 Å². The molecule has 0 N–H and O–H groups in total. The molecule has 0 spiro atoms. The highest BCUT2D eigenvalue weighted by Gasteiger charge is 2.21. The van der Waals surface area contributed by atoms with E-state index in [2.05, 4.69) is 98.9 Å². The maximum Gasteiger partial charge on any atom is 0.306 e. The number of phosphoric acid groups is 1. The van der Waals surface area contributed by atoms with Gasteiger partial charge in [-0.1, -0.05) is 118 Å². The van der Waals surface area contributed by atoms with E-state index < -0.39 is 32.5 Å². The summed E-state index contributed by atoms with van der Waals surface area (Å²) in [4.78, 5) is 37.4. The summed E-state index contributed by atoms with van der Waals surface area (Å²) < 4.78 is 33.7. The van der Waals surface area contributed by atoms with E-state index in [0.717, 1.165) is 89.9 Å². The standard InChI is InChI=1S/C44H74NO8P/c1-6-8-10-12-14-16-18-20-22-24-26-28-30-32-34-36-43(46)50-40-42(41-52-54(48,49)51-39-38-45(3,4)5)53-44(47)37-35-33-31-29-27-25-23-21-19-17-15-13-11-9-7-2/h8-11,14-17,20-23,26,28,42H,6-7,12-13,18-19,24-25,27,29-41H2,1-5H3/b10-8+,11-9+,16-14+,17-15+,22-20+,23-21+,28-26+/t42-/m1/s1. The Morgan fingerprint density at radius 1 is 0.574 bits per heavy atom. The third-order valence-corrected chi connectivity index (χ3v) is 8.87. The Labute approximate surface area is 329 Å². The van der Waals surface area contributed by atoms with E-state index in [1.54, 1.807) is 0 Å². The van der Waals surface area contributed by atoms with Crippen molar-refractivity contribution in [3.63, 3.8) is 0 Å². The van der Waals surface area contributed by atoms with Crippen molar-refractivity contribution in [1.29, 1.82) is 0 Å². The van der Waals surface area contributed by atoms with E-state index in [9.17, 15) is 19.0 Å². The molecule has 0 saturated heterocycles. The van der Waals surface area contributed by atoms with Crippen LogP contribution in [0.5, 0.6) is 0 Å². The molecule has 10 heteroatoms. The minimum absolute atomic E-state index is 0.0462.